The molecule has 0 saturated carbocycles. The van der Waals surface area contributed by atoms with Gasteiger partial charge in [-0.25, -0.2) is 17.6 Å². The number of anilines is 1. The summed E-state index contributed by atoms with van der Waals surface area (Å²) in [5.41, 5.74) is 1.35. The fraction of sp³-hybridized carbons (Fsp3) is 0.300. The highest BCUT2D eigenvalue weighted by atomic mass is 32.2. The summed E-state index contributed by atoms with van der Waals surface area (Å²) in [6.45, 7) is 1.92. The van der Waals surface area contributed by atoms with Crippen molar-refractivity contribution in [2.75, 3.05) is 18.4 Å². The summed E-state index contributed by atoms with van der Waals surface area (Å²) < 4.78 is 46.0. The maximum absolute atomic E-state index is 13.7. The fourth-order valence-electron chi connectivity index (χ4n) is 3.52. The molecule has 1 aliphatic heterocycles. The van der Waals surface area contributed by atoms with Crippen molar-refractivity contribution in [3.05, 3.63) is 58.3 Å². The van der Waals surface area contributed by atoms with Gasteiger partial charge in [0.1, 0.15) is 5.82 Å². The SMILES string of the molecule is Cc1ccc(NC(=O)[C@@H]2CCCN(S(=O)(=O)c3ccc4[nH]c(=O)oc4c3)C2)cc1F. The first-order valence-electron chi connectivity index (χ1n) is 9.44. The van der Waals surface area contributed by atoms with Gasteiger partial charge in [0.15, 0.2) is 5.58 Å². The van der Waals surface area contributed by atoms with Gasteiger partial charge < -0.3 is 9.73 Å². The number of aromatic nitrogens is 1. The van der Waals surface area contributed by atoms with Crippen LogP contribution in [0.2, 0.25) is 0 Å². The summed E-state index contributed by atoms with van der Waals surface area (Å²) in [7, 11) is -3.88. The highest BCUT2D eigenvalue weighted by Crippen LogP contribution is 2.26. The number of aryl methyl sites for hydroxylation is 1. The quantitative estimate of drug-likeness (QED) is 0.657. The van der Waals surface area contributed by atoms with Crippen LogP contribution < -0.4 is 11.1 Å². The van der Waals surface area contributed by atoms with Gasteiger partial charge in [-0.15, -0.1) is 0 Å². The van der Waals surface area contributed by atoms with Crippen LogP contribution in [0.15, 0.2) is 50.5 Å². The van der Waals surface area contributed by atoms with Gasteiger partial charge >= 0.3 is 5.76 Å². The van der Waals surface area contributed by atoms with Gasteiger partial charge in [-0.1, -0.05) is 6.07 Å². The Morgan fingerprint density at radius 1 is 1.27 bits per heavy atom. The number of halogens is 1. The van der Waals surface area contributed by atoms with Crippen LogP contribution in [0, 0.1) is 18.7 Å². The first-order valence-corrected chi connectivity index (χ1v) is 10.9. The lowest BCUT2D eigenvalue weighted by atomic mass is 9.98. The molecule has 2 heterocycles. The van der Waals surface area contributed by atoms with E-state index in [2.05, 4.69) is 10.3 Å². The molecule has 8 nitrogen and oxygen atoms in total. The highest BCUT2D eigenvalue weighted by Gasteiger charge is 2.33. The predicted molar refractivity (Wildman–Crippen MR) is 108 cm³/mol. The minimum atomic E-state index is -3.88. The number of oxazole rings is 1. The van der Waals surface area contributed by atoms with Gasteiger partial charge in [0, 0.05) is 24.8 Å². The molecule has 0 unspecified atom stereocenters. The van der Waals surface area contributed by atoms with Crippen molar-refractivity contribution in [3.8, 4) is 0 Å². The largest absolute Gasteiger partial charge is 0.417 e. The average molecular weight is 433 g/mol. The van der Waals surface area contributed by atoms with E-state index >= 15 is 0 Å². The summed E-state index contributed by atoms with van der Waals surface area (Å²) in [5, 5.41) is 2.66. The van der Waals surface area contributed by atoms with Crippen LogP contribution in [-0.2, 0) is 14.8 Å². The van der Waals surface area contributed by atoms with E-state index in [9.17, 15) is 22.4 Å². The minimum absolute atomic E-state index is 0.0115. The van der Waals surface area contributed by atoms with Gasteiger partial charge in [-0.2, -0.15) is 4.31 Å². The number of nitrogens with zero attached hydrogens (tertiary/aromatic N) is 1. The molecule has 0 radical (unpaired) electrons. The van der Waals surface area contributed by atoms with Crippen LogP contribution in [0.4, 0.5) is 10.1 Å². The number of piperidine rings is 1. The van der Waals surface area contributed by atoms with Crippen LogP contribution in [0.25, 0.3) is 11.1 Å². The van der Waals surface area contributed by atoms with Gasteiger partial charge in [0.25, 0.3) is 0 Å². The molecule has 1 aliphatic rings. The van der Waals surface area contributed by atoms with Crippen molar-refractivity contribution in [1.82, 2.24) is 9.29 Å². The molecular weight excluding hydrogens is 413 g/mol. The van der Waals surface area contributed by atoms with E-state index in [1.54, 1.807) is 19.1 Å². The van der Waals surface area contributed by atoms with E-state index in [0.717, 1.165) is 0 Å². The summed E-state index contributed by atoms with van der Waals surface area (Å²) in [6.07, 6.45) is 1.04. The van der Waals surface area contributed by atoms with E-state index in [0.29, 0.717) is 29.6 Å². The third-order valence-corrected chi connectivity index (χ3v) is 7.09. The Kier molecular flexibility index (Phi) is 5.20. The third-order valence-electron chi connectivity index (χ3n) is 5.22. The zero-order chi connectivity index (χ0) is 21.5. The van der Waals surface area contributed by atoms with Gasteiger partial charge in [-0.05, 0) is 49.6 Å². The monoisotopic (exact) mass is 433 g/mol. The lowest BCUT2D eigenvalue weighted by molar-refractivity contribution is -0.120. The smallest absolute Gasteiger partial charge is 0.408 e. The Labute approximate surface area is 171 Å². The number of amides is 1. The van der Waals surface area contributed by atoms with Crippen LogP contribution in [-0.4, -0.2) is 36.7 Å². The number of carbonyl (C=O) groups is 1. The summed E-state index contributed by atoms with van der Waals surface area (Å²) in [4.78, 5) is 26.4. The molecule has 30 heavy (non-hydrogen) atoms. The second kappa shape index (κ2) is 7.69. The summed E-state index contributed by atoms with van der Waals surface area (Å²) in [6, 6.07) is 8.56. The molecule has 1 amide bonds. The molecule has 1 saturated heterocycles. The van der Waals surface area contributed by atoms with E-state index in [-0.39, 0.29) is 29.5 Å². The topological polar surface area (TPSA) is 112 Å². The third kappa shape index (κ3) is 3.88. The number of aromatic amines is 1. The van der Waals surface area contributed by atoms with Gasteiger partial charge in [0.05, 0.1) is 16.3 Å². The molecular formula is C20H20FN3O5S. The number of hydrogen-bond acceptors (Lipinski definition) is 5. The number of carbonyl (C=O) groups excluding carboxylic acids is 1. The number of benzene rings is 2. The summed E-state index contributed by atoms with van der Waals surface area (Å²) >= 11 is 0. The maximum atomic E-state index is 13.7. The molecule has 0 bridgehead atoms. The van der Waals surface area contributed by atoms with E-state index in [1.807, 2.05) is 0 Å². The lowest BCUT2D eigenvalue weighted by Crippen LogP contribution is -2.43. The molecule has 1 fully saturated rings. The molecule has 3 aromatic rings. The Morgan fingerprint density at radius 3 is 2.83 bits per heavy atom. The first-order chi connectivity index (χ1) is 14.2. The fourth-order valence-corrected chi connectivity index (χ4v) is 5.06. The second-order valence-corrected chi connectivity index (χ2v) is 9.27. The molecule has 0 spiro atoms. The zero-order valence-electron chi connectivity index (χ0n) is 16.1. The molecule has 158 valence electrons. The number of fused-ring (bicyclic) bond motifs is 1. The lowest BCUT2D eigenvalue weighted by Gasteiger charge is -2.31. The molecule has 4 rings (SSSR count). The highest BCUT2D eigenvalue weighted by molar-refractivity contribution is 7.89. The van der Waals surface area contributed by atoms with Gasteiger partial charge in [-0.3, -0.25) is 9.78 Å². The number of rotatable bonds is 4. The molecule has 0 aliphatic carbocycles. The first kappa shape index (κ1) is 20.3. The molecule has 1 atom stereocenters. The normalized spacial score (nSPS) is 17.9. The predicted octanol–water partition coefficient (Wildman–Crippen LogP) is 2.61. The Bertz CT molecular complexity index is 1280. The van der Waals surface area contributed by atoms with Gasteiger partial charge in [0.2, 0.25) is 15.9 Å². The summed E-state index contributed by atoms with van der Waals surface area (Å²) in [5.74, 6) is -2.01. The van der Waals surface area contributed by atoms with Crippen LogP contribution in [0.1, 0.15) is 18.4 Å². The van der Waals surface area contributed by atoms with Crippen molar-refractivity contribution in [2.45, 2.75) is 24.7 Å². The zero-order valence-corrected chi connectivity index (χ0v) is 17.0. The van der Waals surface area contributed by atoms with Crippen LogP contribution in [0.3, 0.4) is 0 Å². The van der Waals surface area contributed by atoms with E-state index in [4.69, 9.17) is 4.42 Å². The number of hydrogen-bond donors (Lipinski definition) is 2. The van der Waals surface area contributed by atoms with E-state index < -0.39 is 27.5 Å². The molecule has 2 N–H and O–H groups in total. The van der Waals surface area contributed by atoms with E-state index in [1.165, 1.54) is 28.6 Å². The average Bonchev–Trinajstić information content (AvgIpc) is 3.10. The number of H-pyrrole nitrogens is 1. The molecule has 2 aromatic carbocycles. The molecule has 1 aromatic heterocycles. The standard InChI is InChI=1S/C20H20FN3O5S/c1-12-4-5-14(9-16(12)21)22-19(25)13-3-2-8-24(11-13)30(27,28)15-6-7-17-18(10-15)29-20(26)23-17/h4-7,9-10,13H,2-3,8,11H2,1H3,(H,22,25)(H,23,26)/t13-/m1/s1. The number of sulfonamides is 1. The van der Waals surface area contributed by atoms with Crippen molar-refractivity contribution < 1.29 is 22.0 Å². The van der Waals surface area contributed by atoms with Crippen LogP contribution >= 0.6 is 0 Å². The second-order valence-electron chi connectivity index (χ2n) is 7.33. The van der Waals surface area contributed by atoms with Crippen molar-refractivity contribution in [1.29, 1.82) is 0 Å². The number of nitrogens with one attached hydrogen (secondary N) is 2. The Hall–Kier alpha value is -2.98. The Morgan fingerprint density at radius 2 is 2.07 bits per heavy atom. The van der Waals surface area contributed by atoms with Crippen molar-refractivity contribution >= 4 is 32.7 Å². The van der Waals surface area contributed by atoms with Crippen molar-refractivity contribution in [2.24, 2.45) is 5.92 Å². The maximum Gasteiger partial charge on any atom is 0.417 e. The minimum Gasteiger partial charge on any atom is -0.408 e. The van der Waals surface area contributed by atoms with Crippen LogP contribution in [0.5, 0.6) is 0 Å². The van der Waals surface area contributed by atoms with Crippen molar-refractivity contribution in [3.63, 3.8) is 0 Å². The Balaban J connectivity index is 1.52. The molecule has 10 heteroatoms.